The fourth-order valence-electron chi connectivity index (χ4n) is 1.86. The number of carbonyl (C=O) groups is 1. The van der Waals surface area contributed by atoms with Crippen LogP contribution in [-0.4, -0.2) is 32.0 Å². The summed E-state index contributed by atoms with van der Waals surface area (Å²) >= 11 is 1.32. The minimum atomic E-state index is -0.388. The molecule has 0 aliphatic heterocycles. The van der Waals surface area contributed by atoms with Crippen LogP contribution in [0, 0.1) is 5.82 Å². The third-order valence-corrected chi connectivity index (χ3v) is 4.18. The Morgan fingerprint density at radius 1 is 1.18 bits per heavy atom. The molecular formula is C16H17FN2O2S. The van der Waals surface area contributed by atoms with Crippen LogP contribution in [0.2, 0.25) is 0 Å². The van der Waals surface area contributed by atoms with Crippen LogP contribution in [0.5, 0.6) is 5.75 Å². The number of benzene rings is 2. The number of hydrogen-bond acceptors (Lipinski definition) is 4. The maximum Gasteiger partial charge on any atom is 0.254 e. The van der Waals surface area contributed by atoms with E-state index in [9.17, 15) is 9.18 Å². The largest absolute Gasteiger partial charge is 0.497 e. The van der Waals surface area contributed by atoms with Crippen molar-refractivity contribution in [3.05, 3.63) is 47.8 Å². The molecule has 0 atom stereocenters. The van der Waals surface area contributed by atoms with Gasteiger partial charge in [-0.2, -0.15) is 0 Å². The Morgan fingerprint density at radius 2 is 1.86 bits per heavy atom. The third-order valence-electron chi connectivity index (χ3n) is 3.02. The minimum Gasteiger partial charge on any atom is -0.497 e. The maximum atomic E-state index is 13.1. The van der Waals surface area contributed by atoms with Gasteiger partial charge in [0.15, 0.2) is 0 Å². The number of halogens is 1. The van der Waals surface area contributed by atoms with E-state index in [2.05, 4.69) is 0 Å². The molecule has 0 aromatic heterocycles. The Labute approximate surface area is 133 Å². The standard InChI is InChI=1S/C16H17FN2O2S/c1-19(2)16(20)12-9-11(21-3)5-7-14(12)22-15-6-4-10(17)8-13(15)18/h4-9H,18H2,1-3H3. The number of carbonyl (C=O) groups excluding carboxylic acids is 1. The van der Waals surface area contributed by atoms with Crippen molar-refractivity contribution in [1.82, 2.24) is 4.90 Å². The molecule has 4 nitrogen and oxygen atoms in total. The number of amides is 1. The van der Waals surface area contributed by atoms with Crippen LogP contribution >= 0.6 is 11.8 Å². The van der Waals surface area contributed by atoms with Crippen LogP contribution in [0.1, 0.15) is 10.4 Å². The molecule has 2 rings (SSSR count). The van der Waals surface area contributed by atoms with E-state index in [1.54, 1.807) is 45.5 Å². The SMILES string of the molecule is COc1ccc(Sc2ccc(F)cc2N)c(C(=O)N(C)C)c1. The van der Waals surface area contributed by atoms with Crippen LogP contribution in [0.3, 0.4) is 0 Å². The van der Waals surface area contributed by atoms with Gasteiger partial charge in [0, 0.05) is 29.6 Å². The van der Waals surface area contributed by atoms with E-state index in [-0.39, 0.29) is 11.7 Å². The number of nitrogens with two attached hydrogens (primary N) is 1. The van der Waals surface area contributed by atoms with E-state index in [1.807, 2.05) is 0 Å². The minimum absolute atomic E-state index is 0.137. The van der Waals surface area contributed by atoms with E-state index >= 15 is 0 Å². The Morgan fingerprint density at radius 3 is 2.45 bits per heavy atom. The molecule has 1 amide bonds. The van der Waals surface area contributed by atoms with Crippen molar-refractivity contribution in [3.63, 3.8) is 0 Å². The molecule has 2 aromatic rings. The van der Waals surface area contributed by atoms with Crippen molar-refractivity contribution in [2.45, 2.75) is 9.79 Å². The first-order chi connectivity index (χ1) is 10.4. The Kier molecular flexibility index (Phi) is 4.92. The monoisotopic (exact) mass is 320 g/mol. The highest BCUT2D eigenvalue weighted by atomic mass is 32.2. The van der Waals surface area contributed by atoms with Gasteiger partial charge in [0.1, 0.15) is 11.6 Å². The topological polar surface area (TPSA) is 55.6 Å². The van der Waals surface area contributed by atoms with Crippen molar-refractivity contribution in [2.75, 3.05) is 26.9 Å². The van der Waals surface area contributed by atoms with Gasteiger partial charge in [-0.15, -0.1) is 0 Å². The Bertz CT molecular complexity index is 705. The number of rotatable bonds is 4. The Balaban J connectivity index is 2.43. The molecule has 0 spiro atoms. The van der Waals surface area contributed by atoms with Crippen molar-refractivity contribution in [1.29, 1.82) is 0 Å². The summed E-state index contributed by atoms with van der Waals surface area (Å²) in [6.45, 7) is 0. The summed E-state index contributed by atoms with van der Waals surface area (Å²) in [4.78, 5) is 15.2. The van der Waals surface area contributed by atoms with Crippen LogP contribution < -0.4 is 10.5 Å². The lowest BCUT2D eigenvalue weighted by Gasteiger charge is -2.15. The summed E-state index contributed by atoms with van der Waals surface area (Å²) in [7, 11) is 4.91. The molecule has 0 bridgehead atoms. The van der Waals surface area contributed by atoms with Crippen LogP contribution in [0.25, 0.3) is 0 Å². The summed E-state index contributed by atoms with van der Waals surface area (Å²) < 4.78 is 18.3. The predicted molar refractivity (Wildman–Crippen MR) is 85.9 cm³/mol. The highest BCUT2D eigenvalue weighted by molar-refractivity contribution is 7.99. The molecular weight excluding hydrogens is 303 g/mol. The van der Waals surface area contributed by atoms with Crippen molar-refractivity contribution in [3.8, 4) is 5.75 Å². The molecule has 116 valence electrons. The fraction of sp³-hybridized carbons (Fsp3) is 0.188. The lowest BCUT2D eigenvalue weighted by Crippen LogP contribution is -2.22. The van der Waals surface area contributed by atoms with Crippen LogP contribution in [0.15, 0.2) is 46.2 Å². The first kappa shape index (κ1) is 16.2. The first-order valence-electron chi connectivity index (χ1n) is 6.55. The summed E-state index contributed by atoms with van der Waals surface area (Å²) in [5.74, 6) is 0.0740. The molecule has 0 saturated heterocycles. The zero-order valence-corrected chi connectivity index (χ0v) is 13.4. The number of nitrogens with zero attached hydrogens (tertiary/aromatic N) is 1. The molecule has 22 heavy (non-hydrogen) atoms. The summed E-state index contributed by atoms with van der Waals surface area (Å²) in [5.41, 5.74) is 6.68. The van der Waals surface area contributed by atoms with E-state index in [1.165, 1.54) is 28.8 Å². The second kappa shape index (κ2) is 6.70. The molecule has 0 unspecified atom stereocenters. The van der Waals surface area contributed by atoms with Gasteiger partial charge in [-0.3, -0.25) is 4.79 Å². The van der Waals surface area contributed by atoms with Gasteiger partial charge >= 0.3 is 0 Å². The van der Waals surface area contributed by atoms with Gasteiger partial charge in [-0.25, -0.2) is 4.39 Å². The van der Waals surface area contributed by atoms with Crippen LogP contribution in [0.4, 0.5) is 10.1 Å². The van der Waals surface area contributed by atoms with Gasteiger partial charge < -0.3 is 15.4 Å². The Hall–Kier alpha value is -2.21. The molecule has 0 aliphatic carbocycles. The van der Waals surface area contributed by atoms with Gasteiger partial charge in [0.25, 0.3) is 5.91 Å². The zero-order valence-electron chi connectivity index (χ0n) is 12.6. The van der Waals surface area contributed by atoms with E-state index in [0.29, 0.717) is 21.9 Å². The van der Waals surface area contributed by atoms with E-state index in [4.69, 9.17) is 10.5 Å². The number of ether oxygens (including phenoxy) is 1. The van der Waals surface area contributed by atoms with Crippen molar-refractivity contribution < 1.29 is 13.9 Å². The molecule has 0 aliphatic rings. The molecule has 0 fully saturated rings. The lowest BCUT2D eigenvalue weighted by atomic mass is 10.2. The second-order valence-electron chi connectivity index (χ2n) is 4.85. The third kappa shape index (κ3) is 3.51. The first-order valence-corrected chi connectivity index (χ1v) is 7.36. The van der Waals surface area contributed by atoms with Gasteiger partial charge in [-0.1, -0.05) is 11.8 Å². The molecule has 0 saturated carbocycles. The summed E-state index contributed by atoms with van der Waals surface area (Å²) in [6.07, 6.45) is 0. The average Bonchev–Trinajstić information content (AvgIpc) is 2.49. The quantitative estimate of drug-likeness (QED) is 0.879. The molecule has 2 aromatic carbocycles. The van der Waals surface area contributed by atoms with Crippen LogP contribution in [-0.2, 0) is 0 Å². The second-order valence-corrected chi connectivity index (χ2v) is 5.93. The molecule has 6 heteroatoms. The van der Waals surface area contributed by atoms with Crippen molar-refractivity contribution >= 4 is 23.4 Å². The fourth-order valence-corrected chi connectivity index (χ4v) is 2.81. The van der Waals surface area contributed by atoms with Crippen molar-refractivity contribution in [2.24, 2.45) is 0 Å². The highest BCUT2D eigenvalue weighted by Gasteiger charge is 2.16. The predicted octanol–water partition coefficient (Wildman–Crippen LogP) is 3.27. The average molecular weight is 320 g/mol. The van der Waals surface area contributed by atoms with Gasteiger partial charge in [0.05, 0.1) is 12.7 Å². The number of methoxy groups -OCH3 is 1. The maximum absolute atomic E-state index is 13.1. The number of anilines is 1. The van der Waals surface area contributed by atoms with E-state index in [0.717, 1.165) is 4.90 Å². The normalized spacial score (nSPS) is 10.4. The number of nitrogen functional groups attached to an aromatic ring is 1. The molecule has 0 heterocycles. The van der Waals surface area contributed by atoms with Gasteiger partial charge in [-0.05, 0) is 36.4 Å². The zero-order chi connectivity index (χ0) is 16.3. The highest BCUT2D eigenvalue weighted by Crippen LogP contribution is 2.36. The lowest BCUT2D eigenvalue weighted by molar-refractivity contribution is 0.0824. The smallest absolute Gasteiger partial charge is 0.254 e. The summed E-state index contributed by atoms with van der Waals surface area (Å²) in [5, 5.41) is 0. The molecule has 0 radical (unpaired) electrons. The summed E-state index contributed by atoms with van der Waals surface area (Å²) in [6, 6.07) is 9.46. The van der Waals surface area contributed by atoms with E-state index < -0.39 is 0 Å². The number of hydrogen-bond donors (Lipinski definition) is 1. The van der Waals surface area contributed by atoms with Gasteiger partial charge in [0.2, 0.25) is 0 Å². The molecule has 2 N–H and O–H groups in total.